The molecule has 188 valence electrons. The van der Waals surface area contributed by atoms with Crippen LogP contribution in [0.5, 0.6) is 5.75 Å². The number of thiazole rings is 1. The smallest absolute Gasteiger partial charge is 0.269 e. The van der Waals surface area contributed by atoms with Gasteiger partial charge in [-0.1, -0.05) is 65.4 Å². The van der Waals surface area contributed by atoms with Crippen molar-refractivity contribution >= 4 is 40.0 Å². The number of hydrogen-bond donors (Lipinski definition) is 1. The standard InChI is InChI=1S/C29H21ClN4O3S/c30-24-12-6-21(7-13-24)19-37-26-16-8-20(9-17-26)18-31-33-29-32-27(22-4-2-1-3-5-22)28(38-29)23-10-14-25(15-11-23)34(35)36/h1-18H,19H2,(H,32,33)/b31-18-. The van der Waals surface area contributed by atoms with E-state index in [1.54, 1.807) is 18.3 Å². The summed E-state index contributed by atoms with van der Waals surface area (Å²) in [7, 11) is 0. The van der Waals surface area contributed by atoms with E-state index in [-0.39, 0.29) is 5.69 Å². The number of anilines is 1. The van der Waals surface area contributed by atoms with Gasteiger partial charge in [0.15, 0.2) is 0 Å². The Kier molecular flexibility index (Phi) is 7.73. The molecule has 0 radical (unpaired) electrons. The van der Waals surface area contributed by atoms with Crippen LogP contribution in [0.3, 0.4) is 0 Å². The third-order valence-electron chi connectivity index (χ3n) is 5.59. The zero-order valence-electron chi connectivity index (χ0n) is 20.0. The monoisotopic (exact) mass is 540 g/mol. The number of nitrogens with one attached hydrogen (secondary N) is 1. The SMILES string of the molecule is O=[N+]([O-])c1ccc(-c2sc(N/N=C\c3ccc(OCc4ccc(Cl)cc4)cc3)nc2-c2ccccc2)cc1. The Morgan fingerprint density at radius 1 is 0.921 bits per heavy atom. The zero-order chi connectivity index (χ0) is 26.3. The molecule has 0 saturated heterocycles. The van der Waals surface area contributed by atoms with Crippen molar-refractivity contribution < 1.29 is 9.66 Å². The molecule has 0 spiro atoms. The van der Waals surface area contributed by atoms with Crippen molar-refractivity contribution in [3.63, 3.8) is 0 Å². The molecule has 38 heavy (non-hydrogen) atoms. The second-order valence-corrected chi connectivity index (χ2v) is 9.66. The second kappa shape index (κ2) is 11.7. The Balaban J connectivity index is 1.28. The van der Waals surface area contributed by atoms with Crippen LogP contribution in [0.15, 0.2) is 108 Å². The number of non-ortho nitro benzene ring substituents is 1. The first-order valence-electron chi connectivity index (χ1n) is 11.6. The van der Waals surface area contributed by atoms with Crippen LogP contribution in [0.1, 0.15) is 11.1 Å². The molecule has 4 aromatic carbocycles. The Hall–Kier alpha value is -4.53. The number of nitro benzene ring substituents is 1. The molecule has 0 aliphatic rings. The molecule has 1 N–H and O–H groups in total. The molecule has 0 amide bonds. The third kappa shape index (κ3) is 6.23. The summed E-state index contributed by atoms with van der Waals surface area (Å²) in [4.78, 5) is 16.3. The van der Waals surface area contributed by atoms with Gasteiger partial charge in [-0.2, -0.15) is 5.10 Å². The van der Waals surface area contributed by atoms with Gasteiger partial charge in [-0.3, -0.25) is 15.5 Å². The normalized spacial score (nSPS) is 11.0. The van der Waals surface area contributed by atoms with Gasteiger partial charge in [0.1, 0.15) is 12.4 Å². The summed E-state index contributed by atoms with van der Waals surface area (Å²) in [6, 6.07) is 31.4. The third-order valence-corrected chi connectivity index (χ3v) is 6.85. The van der Waals surface area contributed by atoms with Crippen molar-refractivity contribution in [1.82, 2.24) is 4.98 Å². The topological polar surface area (TPSA) is 89.7 Å². The molecule has 0 fully saturated rings. The van der Waals surface area contributed by atoms with E-state index in [0.717, 1.165) is 38.6 Å². The highest BCUT2D eigenvalue weighted by Crippen LogP contribution is 2.39. The minimum atomic E-state index is -0.408. The van der Waals surface area contributed by atoms with Gasteiger partial charge in [-0.15, -0.1) is 0 Å². The summed E-state index contributed by atoms with van der Waals surface area (Å²) in [6.45, 7) is 0.455. The van der Waals surface area contributed by atoms with E-state index in [4.69, 9.17) is 21.3 Å². The summed E-state index contributed by atoms with van der Waals surface area (Å²) < 4.78 is 5.83. The van der Waals surface area contributed by atoms with Crippen LogP contribution in [0.2, 0.25) is 5.02 Å². The highest BCUT2D eigenvalue weighted by molar-refractivity contribution is 7.19. The van der Waals surface area contributed by atoms with Gasteiger partial charge in [-0.05, 0) is 65.2 Å². The average molecular weight is 541 g/mol. The first-order valence-corrected chi connectivity index (χ1v) is 12.8. The van der Waals surface area contributed by atoms with E-state index in [0.29, 0.717) is 16.8 Å². The highest BCUT2D eigenvalue weighted by Gasteiger charge is 2.16. The number of nitro groups is 1. The predicted molar refractivity (Wildman–Crippen MR) is 153 cm³/mol. The maximum Gasteiger partial charge on any atom is 0.269 e. The number of halogens is 1. The van der Waals surface area contributed by atoms with E-state index in [9.17, 15) is 10.1 Å². The van der Waals surface area contributed by atoms with Gasteiger partial charge < -0.3 is 4.74 Å². The lowest BCUT2D eigenvalue weighted by molar-refractivity contribution is -0.384. The van der Waals surface area contributed by atoms with Crippen molar-refractivity contribution in [3.8, 4) is 27.4 Å². The molecule has 0 unspecified atom stereocenters. The van der Waals surface area contributed by atoms with Gasteiger partial charge in [0.05, 0.1) is 21.7 Å². The number of hydrogen-bond acceptors (Lipinski definition) is 7. The van der Waals surface area contributed by atoms with Crippen LogP contribution in [0.25, 0.3) is 21.7 Å². The quantitative estimate of drug-likeness (QED) is 0.116. The van der Waals surface area contributed by atoms with Gasteiger partial charge in [0.2, 0.25) is 5.13 Å². The number of hydrazone groups is 1. The van der Waals surface area contributed by atoms with Crippen molar-refractivity contribution in [2.75, 3.05) is 5.43 Å². The van der Waals surface area contributed by atoms with E-state index in [1.807, 2.05) is 78.9 Å². The molecule has 1 heterocycles. The van der Waals surface area contributed by atoms with E-state index in [1.165, 1.54) is 23.5 Å². The number of rotatable bonds is 9. The fourth-order valence-electron chi connectivity index (χ4n) is 3.65. The van der Waals surface area contributed by atoms with Gasteiger partial charge in [0.25, 0.3) is 5.69 Å². The molecule has 0 saturated carbocycles. The van der Waals surface area contributed by atoms with Gasteiger partial charge in [-0.25, -0.2) is 4.98 Å². The highest BCUT2D eigenvalue weighted by atomic mass is 35.5. The lowest BCUT2D eigenvalue weighted by Gasteiger charge is -2.06. The maximum atomic E-state index is 11.1. The summed E-state index contributed by atoms with van der Waals surface area (Å²) in [5.74, 6) is 0.755. The maximum absolute atomic E-state index is 11.1. The van der Waals surface area contributed by atoms with Crippen LogP contribution < -0.4 is 10.2 Å². The zero-order valence-corrected chi connectivity index (χ0v) is 21.5. The fourth-order valence-corrected chi connectivity index (χ4v) is 4.72. The fraction of sp³-hybridized carbons (Fsp3) is 0.0345. The molecular formula is C29H21ClN4O3S. The number of aromatic nitrogens is 1. The largest absolute Gasteiger partial charge is 0.489 e. The predicted octanol–water partition coefficient (Wildman–Crippen LogP) is 8.06. The molecule has 0 aliphatic carbocycles. The Bertz CT molecular complexity index is 1550. The van der Waals surface area contributed by atoms with E-state index in [2.05, 4.69) is 10.5 Å². The van der Waals surface area contributed by atoms with Crippen LogP contribution >= 0.6 is 22.9 Å². The summed E-state index contributed by atoms with van der Waals surface area (Å²) in [5, 5.41) is 16.7. The van der Waals surface area contributed by atoms with Crippen LogP contribution in [0.4, 0.5) is 10.8 Å². The summed E-state index contributed by atoms with van der Waals surface area (Å²) in [5.41, 5.74) is 7.57. The molecule has 7 nitrogen and oxygen atoms in total. The summed E-state index contributed by atoms with van der Waals surface area (Å²) >= 11 is 7.36. The number of ether oxygens (including phenoxy) is 1. The number of nitrogens with zero attached hydrogens (tertiary/aromatic N) is 3. The molecule has 9 heteroatoms. The van der Waals surface area contributed by atoms with Crippen LogP contribution in [-0.4, -0.2) is 16.1 Å². The second-order valence-electron chi connectivity index (χ2n) is 8.22. The van der Waals surface area contributed by atoms with Crippen molar-refractivity contribution in [3.05, 3.63) is 129 Å². The lowest BCUT2D eigenvalue weighted by atomic mass is 10.1. The molecule has 5 aromatic rings. The Labute approximate surface area is 228 Å². The van der Waals surface area contributed by atoms with Crippen molar-refractivity contribution in [2.45, 2.75) is 6.61 Å². The minimum absolute atomic E-state index is 0.0453. The molecule has 0 atom stereocenters. The minimum Gasteiger partial charge on any atom is -0.489 e. The Morgan fingerprint density at radius 3 is 2.32 bits per heavy atom. The molecule has 1 aromatic heterocycles. The molecule has 0 aliphatic heterocycles. The van der Waals surface area contributed by atoms with E-state index >= 15 is 0 Å². The lowest BCUT2D eigenvalue weighted by Crippen LogP contribution is -1.95. The van der Waals surface area contributed by atoms with Gasteiger partial charge >= 0.3 is 0 Å². The van der Waals surface area contributed by atoms with Crippen molar-refractivity contribution in [2.24, 2.45) is 5.10 Å². The molecule has 0 bridgehead atoms. The average Bonchev–Trinajstić information content (AvgIpc) is 3.38. The van der Waals surface area contributed by atoms with E-state index < -0.39 is 4.92 Å². The molecular weight excluding hydrogens is 520 g/mol. The van der Waals surface area contributed by atoms with Crippen LogP contribution in [-0.2, 0) is 6.61 Å². The first-order chi connectivity index (χ1) is 18.5. The van der Waals surface area contributed by atoms with Crippen LogP contribution in [0, 0.1) is 10.1 Å². The van der Waals surface area contributed by atoms with Crippen molar-refractivity contribution in [1.29, 1.82) is 0 Å². The first kappa shape index (κ1) is 25.1. The Morgan fingerprint density at radius 2 is 1.63 bits per heavy atom. The summed E-state index contributed by atoms with van der Waals surface area (Å²) in [6.07, 6.45) is 1.71. The molecule has 5 rings (SSSR count). The number of benzene rings is 4. The van der Waals surface area contributed by atoms with Gasteiger partial charge in [0, 0.05) is 22.7 Å².